The molecule has 0 aliphatic heterocycles. The normalized spacial score (nSPS) is 11.5. The second kappa shape index (κ2) is 11.9. The average molecular weight is 652 g/mol. The van der Waals surface area contributed by atoms with Gasteiger partial charge in [0.2, 0.25) is 0 Å². The highest BCUT2D eigenvalue weighted by atomic mass is 16.3. The van der Waals surface area contributed by atoms with Crippen molar-refractivity contribution in [3.8, 4) is 56.3 Å². The van der Waals surface area contributed by atoms with E-state index in [1.54, 1.807) is 0 Å². The van der Waals surface area contributed by atoms with Crippen LogP contribution in [0.2, 0.25) is 0 Å². The topological polar surface area (TPSA) is 51.8 Å². The van der Waals surface area contributed by atoms with E-state index in [1.807, 2.05) is 42.5 Å². The minimum atomic E-state index is 0.659. The summed E-state index contributed by atoms with van der Waals surface area (Å²) in [5.41, 5.74) is 11.7. The Bertz CT molecular complexity index is 2880. The molecular weight excluding hydrogens is 623 g/mol. The molecule has 0 atom stereocenters. The summed E-state index contributed by atoms with van der Waals surface area (Å²) in [6.07, 6.45) is 0. The Labute approximate surface area is 294 Å². The number of aromatic nitrogens is 3. The Hall–Kier alpha value is -6.91. The van der Waals surface area contributed by atoms with E-state index in [9.17, 15) is 0 Å². The SMILES string of the molecule is c1ccc(-c2ccc(-c3cc(-c4ccccc4)nc(-c4ccc5oc6ccc7c(-c8ccccc8)nc8ccccc8c7c6c5c4)n3)cc2)cc1. The van der Waals surface area contributed by atoms with Crippen LogP contribution in [0.1, 0.15) is 0 Å². The molecule has 51 heavy (non-hydrogen) atoms. The highest BCUT2D eigenvalue weighted by Crippen LogP contribution is 2.42. The van der Waals surface area contributed by atoms with Crippen LogP contribution in [-0.4, -0.2) is 15.0 Å². The number of hydrogen-bond acceptors (Lipinski definition) is 4. The molecule has 238 valence electrons. The number of rotatable bonds is 5. The maximum Gasteiger partial charge on any atom is 0.160 e. The summed E-state index contributed by atoms with van der Waals surface area (Å²) in [5, 5.41) is 5.39. The Morgan fingerprint density at radius 1 is 0.333 bits per heavy atom. The van der Waals surface area contributed by atoms with Crippen LogP contribution in [0.4, 0.5) is 0 Å². The van der Waals surface area contributed by atoms with Gasteiger partial charge in [0, 0.05) is 49.2 Å². The summed E-state index contributed by atoms with van der Waals surface area (Å²) in [6, 6.07) is 60.7. The summed E-state index contributed by atoms with van der Waals surface area (Å²) in [6.45, 7) is 0. The van der Waals surface area contributed by atoms with Crippen LogP contribution in [-0.2, 0) is 0 Å². The molecular formula is C47H29N3O. The lowest BCUT2D eigenvalue weighted by atomic mass is 9.96. The van der Waals surface area contributed by atoms with E-state index >= 15 is 0 Å². The summed E-state index contributed by atoms with van der Waals surface area (Å²) in [7, 11) is 0. The number of benzene rings is 7. The average Bonchev–Trinajstić information content (AvgIpc) is 3.59. The monoisotopic (exact) mass is 651 g/mol. The molecule has 0 saturated carbocycles. The first-order chi connectivity index (χ1) is 25.3. The molecule has 0 unspecified atom stereocenters. The molecule has 0 radical (unpaired) electrons. The van der Waals surface area contributed by atoms with E-state index in [-0.39, 0.29) is 0 Å². The number of pyridine rings is 1. The largest absolute Gasteiger partial charge is 0.456 e. The van der Waals surface area contributed by atoms with Gasteiger partial charge in [-0.3, -0.25) is 0 Å². The minimum absolute atomic E-state index is 0.659. The standard InChI is InChI=1S/C47H29N3O/c1-4-12-30(13-5-1)31-20-22-33(23-21-31)41-29-40(32-14-6-2-7-15-32)49-47(50-41)35-24-26-42-38(28-35)45-43(51-42)27-25-37-44(45)36-18-10-11-19-39(36)48-46(37)34-16-8-3-9-17-34/h1-29H. The molecule has 0 spiro atoms. The third-order valence-electron chi connectivity index (χ3n) is 9.69. The van der Waals surface area contributed by atoms with Crippen LogP contribution in [0.5, 0.6) is 0 Å². The van der Waals surface area contributed by atoms with Crippen molar-refractivity contribution in [3.05, 3.63) is 176 Å². The van der Waals surface area contributed by atoms with E-state index in [2.05, 4.69) is 133 Å². The van der Waals surface area contributed by atoms with Crippen molar-refractivity contribution >= 4 is 43.6 Å². The van der Waals surface area contributed by atoms with E-state index in [0.29, 0.717) is 5.82 Å². The quantitative estimate of drug-likeness (QED) is 0.174. The van der Waals surface area contributed by atoms with Crippen LogP contribution >= 0.6 is 0 Å². The molecule has 4 nitrogen and oxygen atoms in total. The Balaban J connectivity index is 1.19. The van der Waals surface area contributed by atoms with Gasteiger partial charge in [-0.05, 0) is 53.6 Å². The van der Waals surface area contributed by atoms with E-state index in [1.165, 1.54) is 11.1 Å². The predicted octanol–water partition coefficient (Wildman–Crippen LogP) is 12.4. The molecule has 10 rings (SSSR count). The molecule has 0 saturated heterocycles. The fraction of sp³-hybridized carbons (Fsp3) is 0. The predicted molar refractivity (Wildman–Crippen MR) is 209 cm³/mol. The summed E-state index contributed by atoms with van der Waals surface area (Å²) >= 11 is 0. The van der Waals surface area contributed by atoms with Crippen LogP contribution in [0.15, 0.2) is 180 Å². The van der Waals surface area contributed by atoms with Crippen molar-refractivity contribution in [1.29, 1.82) is 0 Å². The van der Waals surface area contributed by atoms with E-state index < -0.39 is 0 Å². The Kier molecular flexibility index (Phi) is 6.78. The van der Waals surface area contributed by atoms with Gasteiger partial charge in [0.05, 0.1) is 22.6 Å². The van der Waals surface area contributed by atoms with Gasteiger partial charge in [0.1, 0.15) is 11.2 Å². The third kappa shape index (κ3) is 5.04. The molecule has 7 aromatic carbocycles. The lowest BCUT2D eigenvalue weighted by molar-refractivity contribution is 0.669. The van der Waals surface area contributed by atoms with Gasteiger partial charge in [0.15, 0.2) is 5.82 Å². The maximum atomic E-state index is 6.52. The van der Waals surface area contributed by atoms with Crippen molar-refractivity contribution < 1.29 is 4.42 Å². The Morgan fingerprint density at radius 3 is 1.61 bits per heavy atom. The second-order valence-corrected chi connectivity index (χ2v) is 12.8. The fourth-order valence-corrected chi connectivity index (χ4v) is 7.21. The highest BCUT2D eigenvalue weighted by molar-refractivity contribution is 6.28. The number of nitrogens with zero attached hydrogens (tertiary/aromatic N) is 3. The van der Waals surface area contributed by atoms with Crippen LogP contribution in [0, 0.1) is 0 Å². The van der Waals surface area contributed by atoms with Gasteiger partial charge in [-0.1, -0.05) is 133 Å². The number of fused-ring (bicyclic) bond motifs is 7. The zero-order valence-electron chi connectivity index (χ0n) is 27.5. The van der Waals surface area contributed by atoms with Gasteiger partial charge in [-0.15, -0.1) is 0 Å². The van der Waals surface area contributed by atoms with Crippen molar-refractivity contribution in [2.24, 2.45) is 0 Å². The first-order valence-corrected chi connectivity index (χ1v) is 17.1. The van der Waals surface area contributed by atoms with Gasteiger partial charge in [0.25, 0.3) is 0 Å². The van der Waals surface area contributed by atoms with E-state index in [4.69, 9.17) is 19.4 Å². The van der Waals surface area contributed by atoms with Crippen LogP contribution in [0.3, 0.4) is 0 Å². The maximum absolute atomic E-state index is 6.52. The van der Waals surface area contributed by atoms with Crippen molar-refractivity contribution in [1.82, 2.24) is 15.0 Å². The molecule has 4 heteroatoms. The van der Waals surface area contributed by atoms with Crippen molar-refractivity contribution in [2.45, 2.75) is 0 Å². The summed E-state index contributed by atoms with van der Waals surface area (Å²) < 4.78 is 6.52. The molecule has 0 N–H and O–H groups in total. The summed E-state index contributed by atoms with van der Waals surface area (Å²) in [5.74, 6) is 0.659. The van der Waals surface area contributed by atoms with Crippen molar-refractivity contribution in [2.75, 3.05) is 0 Å². The summed E-state index contributed by atoms with van der Waals surface area (Å²) in [4.78, 5) is 15.5. The first-order valence-electron chi connectivity index (χ1n) is 17.1. The Morgan fingerprint density at radius 2 is 0.882 bits per heavy atom. The zero-order valence-corrected chi connectivity index (χ0v) is 27.5. The number of para-hydroxylation sites is 1. The molecule has 0 aliphatic rings. The molecule has 10 aromatic rings. The second-order valence-electron chi connectivity index (χ2n) is 12.8. The molecule has 0 bridgehead atoms. The number of furan rings is 1. The third-order valence-corrected chi connectivity index (χ3v) is 9.69. The fourth-order valence-electron chi connectivity index (χ4n) is 7.21. The first kappa shape index (κ1) is 29.0. The zero-order chi connectivity index (χ0) is 33.7. The van der Waals surface area contributed by atoms with Crippen LogP contribution < -0.4 is 0 Å². The lowest BCUT2D eigenvalue weighted by Crippen LogP contribution is -1.96. The highest BCUT2D eigenvalue weighted by Gasteiger charge is 2.19. The smallest absolute Gasteiger partial charge is 0.160 e. The molecule has 0 aliphatic carbocycles. The van der Waals surface area contributed by atoms with E-state index in [0.717, 1.165) is 82.9 Å². The minimum Gasteiger partial charge on any atom is -0.456 e. The van der Waals surface area contributed by atoms with Crippen molar-refractivity contribution in [3.63, 3.8) is 0 Å². The van der Waals surface area contributed by atoms with Gasteiger partial charge in [-0.25, -0.2) is 15.0 Å². The molecule has 0 fully saturated rings. The number of hydrogen-bond donors (Lipinski definition) is 0. The van der Waals surface area contributed by atoms with Gasteiger partial charge < -0.3 is 4.42 Å². The molecule has 0 amide bonds. The molecule has 3 aromatic heterocycles. The lowest BCUT2D eigenvalue weighted by Gasteiger charge is -2.11. The molecule has 3 heterocycles. The van der Waals surface area contributed by atoms with Gasteiger partial charge in [-0.2, -0.15) is 0 Å². The van der Waals surface area contributed by atoms with Crippen LogP contribution in [0.25, 0.3) is 99.9 Å². The van der Waals surface area contributed by atoms with Gasteiger partial charge >= 0.3 is 0 Å².